The third-order valence-electron chi connectivity index (χ3n) is 2.80. The van der Waals surface area contributed by atoms with E-state index < -0.39 is 5.54 Å². The van der Waals surface area contributed by atoms with Crippen LogP contribution in [0, 0.1) is 6.92 Å². The Hall–Kier alpha value is -1.24. The highest BCUT2D eigenvalue weighted by Crippen LogP contribution is 2.26. The number of hydrogen-bond acceptors (Lipinski definition) is 5. The molecule has 1 aromatic heterocycles. The van der Waals surface area contributed by atoms with Crippen molar-refractivity contribution in [2.45, 2.75) is 19.4 Å². The highest BCUT2D eigenvalue weighted by Gasteiger charge is 2.28. The molecule has 0 bridgehead atoms. The SMILES string of the molecule is COCC(C)(N)c1noc(-c2ccc(Br)cc2C)n1. The fraction of sp³-hybridized carbons (Fsp3) is 0.385. The van der Waals surface area contributed by atoms with Crippen LogP contribution in [0.15, 0.2) is 27.2 Å². The van der Waals surface area contributed by atoms with Gasteiger partial charge in [0.15, 0.2) is 5.82 Å². The van der Waals surface area contributed by atoms with E-state index in [9.17, 15) is 0 Å². The predicted molar refractivity (Wildman–Crippen MR) is 75.6 cm³/mol. The smallest absolute Gasteiger partial charge is 0.258 e. The summed E-state index contributed by atoms with van der Waals surface area (Å²) in [5, 5.41) is 3.94. The van der Waals surface area contributed by atoms with Crippen LogP contribution < -0.4 is 5.73 Å². The van der Waals surface area contributed by atoms with Crippen molar-refractivity contribution in [1.29, 1.82) is 0 Å². The average Bonchev–Trinajstić information content (AvgIpc) is 2.78. The first-order valence-corrected chi connectivity index (χ1v) is 6.62. The van der Waals surface area contributed by atoms with Gasteiger partial charge < -0.3 is 15.0 Å². The van der Waals surface area contributed by atoms with E-state index in [1.807, 2.05) is 25.1 Å². The predicted octanol–water partition coefficient (Wildman–Crippen LogP) is 2.63. The second-order valence-corrected chi connectivity index (χ2v) is 5.65. The molecule has 2 aromatic rings. The maximum Gasteiger partial charge on any atom is 0.258 e. The maximum atomic E-state index is 6.08. The number of rotatable bonds is 4. The van der Waals surface area contributed by atoms with Crippen molar-refractivity contribution in [2.75, 3.05) is 13.7 Å². The van der Waals surface area contributed by atoms with E-state index in [1.165, 1.54) is 0 Å². The minimum Gasteiger partial charge on any atom is -0.382 e. The summed E-state index contributed by atoms with van der Waals surface area (Å²) in [6, 6.07) is 5.86. The standard InChI is InChI=1S/C13H16BrN3O2/c1-8-6-9(14)4-5-10(8)11-16-12(17-19-11)13(2,15)7-18-3/h4-6H,7,15H2,1-3H3. The summed E-state index contributed by atoms with van der Waals surface area (Å²) in [6.07, 6.45) is 0. The first-order valence-electron chi connectivity index (χ1n) is 5.82. The molecule has 1 atom stereocenters. The molecule has 0 saturated carbocycles. The van der Waals surface area contributed by atoms with Crippen LogP contribution in [0.2, 0.25) is 0 Å². The second-order valence-electron chi connectivity index (χ2n) is 4.73. The zero-order valence-corrected chi connectivity index (χ0v) is 12.7. The van der Waals surface area contributed by atoms with Crippen LogP contribution in [0.5, 0.6) is 0 Å². The Morgan fingerprint density at radius 1 is 1.47 bits per heavy atom. The number of hydrogen-bond donors (Lipinski definition) is 1. The second kappa shape index (κ2) is 5.40. The van der Waals surface area contributed by atoms with Crippen LogP contribution in [-0.4, -0.2) is 23.9 Å². The molecule has 0 radical (unpaired) electrons. The van der Waals surface area contributed by atoms with Gasteiger partial charge in [0.2, 0.25) is 0 Å². The van der Waals surface area contributed by atoms with Gasteiger partial charge >= 0.3 is 0 Å². The van der Waals surface area contributed by atoms with E-state index in [4.69, 9.17) is 15.0 Å². The summed E-state index contributed by atoms with van der Waals surface area (Å²) in [5.41, 5.74) is 7.27. The lowest BCUT2D eigenvalue weighted by Gasteiger charge is -2.18. The molecule has 102 valence electrons. The summed E-state index contributed by atoms with van der Waals surface area (Å²) in [5.74, 6) is 0.902. The summed E-state index contributed by atoms with van der Waals surface area (Å²) in [4.78, 5) is 4.36. The number of ether oxygens (including phenoxy) is 1. The van der Waals surface area contributed by atoms with Gasteiger partial charge in [-0.25, -0.2) is 0 Å². The number of nitrogens with two attached hydrogens (primary N) is 1. The first kappa shape index (κ1) is 14.2. The van der Waals surface area contributed by atoms with Gasteiger partial charge in [-0.3, -0.25) is 0 Å². The van der Waals surface area contributed by atoms with Crippen molar-refractivity contribution in [2.24, 2.45) is 5.73 Å². The summed E-state index contributed by atoms with van der Waals surface area (Å²) in [7, 11) is 1.59. The number of aryl methyl sites for hydroxylation is 1. The molecule has 0 spiro atoms. The first-order chi connectivity index (χ1) is 8.94. The fourth-order valence-electron chi connectivity index (χ4n) is 1.80. The van der Waals surface area contributed by atoms with E-state index in [2.05, 4.69) is 26.1 Å². The number of nitrogens with zero attached hydrogens (tertiary/aromatic N) is 2. The molecular formula is C13H16BrN3O2. The fourth-order valence-corrected chi connectivity index (χ4v) is 2.27. The average molecular weight is 326 g/mol. The van der Waals surface area contributed by atoms with E-state index in [0.717, 1.165) is 15.6 Å². The Morgan fingerprint density at radius 3 is 2.84 bits per heavy atom. The Balaban J connectivity index is 2.35. The molecule has 0 aliphatic heterocycles. The molecule has 1 heterocycles. The van der Waals surface area contributed by atoms with Crippen molar-refractivity contribution in [3.63, 3.8) is 0 Å². The summed E-state index contributed by atoms with van der Waals surface area (Å²) >= 11 is 3.42. The van der Waals surface area contributed by atoms with Crippen molar-refractivity contribution in [3.05, 3.63) is 34.1 Å². The van der Waals surface area contributed by atoms with Gasteiger partial charge in [-0.15, -0.1) is 0 Å². The lowest BCUT2D eigenvalue weighted by molar-refractivity contribution is 0.135. The minimum atomic E-state index is -0.764. The number of aromatic nitrogens is 2. The molecule has 0 saturated heterocycles. The van der Waals surface area contributed by atoms with Crippen LogP contribution in [0.3, 0.4) is 0 Å². The zero-order chi connectivity index (χ0) is 14.0. The van der Waals surface area contributed by atoms with Crippen LogP contribution in [-0.2, 0) is 10.3 Å². The number of benzene rings is 1. The van der Waals surface area contributed by atoms with Gasteiger partial charge in [-0.1, -0.05) is 21.1 Å². The Kier molecular flexibility index (Phi) is 4.03. The van der Waals surface area contributed by atoms with Crippen LogP contribution in [0.1, 0.15) is 18.3 Å². The van der Waals surface area contributed by atoms with Gasteiger partial charge in [-0.05, 0) is 37.6 Å². The van der Waals surface area contributed by atoms with E-state index in [-0.39, 0.29) is 0 Å². The van der Waals surface area contributed by atoms with E-state index >= 15 is 0 Å². The molecule has 0 aliphatic carbocycles. The topological polar surface area (TPSA) is 74.2 Å². The Labute approximate surface area is 120 Å². The van der Waals surface area contributed by atoms with Crippen LogP contribution in [0.4, 0.5) is 0 Å². The third kappa shape index (κ3) is 3.02. The molecule has 1 unspecified atom stereocenters. The Morgan fingerprint density at radius 2 is 2.21 bits per heavy atom. The molecule has 6 heteroatoms. The molecule has 5 nitrogen and oxygen atoms in total. The summed E-state index contributed by atoms with van der Waals surface area (Å²) < 4.78 is 11.4. The molecule has 0 aliphatic rings. The van der Waals surface area contributed by atoms with Gasteiger partial charge in [0.1, 0.15) is 5.54 Å². The normalized spacial score (nSPS) is 14.4. The molecular weight excluding hydrogens is 310 g/mol. The quantitative estimate of drug-likeness (QED) is 0.935. The van der Waals surface area contributed by atoms with Crippen molar-refractivity contribution in [3.8, 4) is 11.5 Å². The lowest BCUT2D eigenvalue weighted by atomic mass is 10.1. The third-order valence-corrected chi connectivity index (χ3v) is 3.29. The van der Waals surface area contributed by atoms with Crippen LogP contribution >= 0.6 is 15.9 Å². The van der Waals surface area contributed by atoms with Gasteiger partial charge in [0.25, 0.3) is 5.89 Å². The molecule has 1 aromatic carbocycles. The minimum absolute atomic E-state index is 0.325. The van der Waals surface area contributed by atoms with Crippen molar-refractivity contribution in [1.82, 2.24) is 10.1 Å². The number of methoxy groups -OCH3 is 1. The number of halogens is 1. The summed E-state index contributed by atoms with van der Waals surface area (Å²) in [6.45, 7) is 4.12. The maximum absolute atomic E-state index is 6.08. The largest absolute Gasteiger partial charge is 0.382 e. The van der Waals surface area contributed by atoms with Crippen LogP contribution in [0.25, 0.3) is 11.5 Å². The highest BCUT2D eigenvalue weighted by molar-refractivity contribution is 9.10. The van der Waals surface area contributed by atoms with Crippen molar-refractivity contribution >= 4 is 15.9 Å². The van der Waals surface area contributed by atoms with E-state index in [1.54, 1.807) is 14.0 Å². The van der Waals surface area contributed by atoms with Gasteiger partial charge in [0, 0.05) is 17.1 Å². The van der Waals surface area contributed by atoms with Gasteiger partial charge in [0.05, 0.1) is 6.61 Å². The van der Waals surface area contributed by atoms with E-state index in [0.29, 0.717) is 18.3 Å². The van der Waals surface area contributed by atoms with Gasteiger partial charge in [-0.2, -0.15) is 4.98 Å². The lowest BCUT2D eigenvalue weighted by Crippen LogP contribution is -2.38. The Bertz CT molecular complexity index is 581. The highest BCUT2D eigenvalue weighted by atomic mass is 79.9. The van der Waals surface area contributed by atoms with Crippen molar-refractivity contribution < 1.29 is 9.26 Å². The zero-order valence-electron chi connectivity index (χ0n) is 11.1. The molecule has 2 N–H and O–H groups in total. The monoisotopic (exact) mass is 325 g/mol. The molecule has 2 rings (SSSR count). The molecule has 0 amide bonds. The molecule has 19 heavy (non-hydrogen) atoms. The molecule has 0 fully saturated rings.